The molecule has 0 amide bonds. The van der Waals surface area contributed by atoms with Crippen LogP contribution in [0, 0.1) is 0 Å². The van der Waals surface area contributed by atoms with Crippen LogP contribution in [0.5, 0.6) is 0 Å². The third-order valence-electron chi connectivity index (χ3n) is 11.1. The largest absolute Gasteiger partial charge is 0.347 e. The van der Waals surface area contributed by atoms with Crippen molar-refractivity contribution >= 4 is 22.0 Å². The van der Waals surface area contributed by atoms with Crippen LogP contribution < -0.4 is 4.90 Å². The first-order chi connectivity index (χ1) is 24.0. The first-order valence-corrected chi connectivity index (χ1v) is 17.6. The van der Waals surface area contributed by atoms with Gasteiger partial charge in [-0.1, -0.05) is 171 Å². The zero-order valence-corrected chi connectivity index (χ0v) is 28.7. The average molecular weight is 634 g/mol. The van der Waals surface area contributed by atoms with E-state index in [1.54, 1.807) is 0 Å². The summed E-state index contributed by atoms with van der Waals surface area (Å²) in [5, 5.41) is 2.58. The van der Waals surface area contributed by atoms with Crippen molar-refractivity contribution < 1.29 is 0 Å². The highest BCUT2D eigenvalue weighted by molar-refractivity contribution is 5.99. The Morgan fingerprint density at radius 1 is 0.571 bits per heavy atom. The van der Waals surface area contributed by atoms with Gasteiger partial charge in [0.25, 0.3) is 0 Å². The molecule has 1 heterocycles. The molecule has 240 valence electrons. The molecular weight excluding hydrogens is 591 g/mol. The van der Waals surface area contributed by atoms with Crippen LogP contribution in [0.4, 0.5) is 5.69 Å². The van der Waals surface area contributed by atoms with Crippen molar-refractivity contribution in [2.24, 2.45) is 0 Å². The van der Waals surface area contributed by atoms with E-state index in [0.717, 1.165) is 19.3 Å². The first-order valence-electron chi connectivity index (χ1n) is 17.6. The van der Waals surface area contributed by atoms with E-state index in [0.29, 0.717) is 0 Å². The molecule has 0 radical (unpaired) electrons. The molecule has 0 saturated heterocycles. The zero-order valence-electron chi connectivity index (χ0n) is 28.7. The molecule has 0 saturated carbocycles. The Balaban J connectivity index is 1.30. The minimum absolute atomic E-state index is 0.122. The first kappa shape index (κ1) is 30.9. The van der Waals surface area contributed by atoms with Gasteiger partial charge in [-0.3, -0.25) is 0 Å². The van der Waals surface area contributed by atoms with Gasteiger partial charge < -0.3 is 4.90 Å². The van der Waals surface area contributed by atoms with Crippen LogP contribution in [-0.4, -0.2) is 7.05 Å². The Labute approximate surface area is 291 Å². The number of allylic oxidation sites excluding steroid dienone is 6. The van der Waals surface area contributed by atoms with E-state index in [1.807, 2.05) is 0 Å². The second-order valence-electron chi connectivity index (χ2n) is 14.1. The van der Waals surface area contributed by atoms with Gasteiger partial charge in [0.1, 0.15) is 0 Å². The molecule has 0 N–H and O–H groups in total. The van der Waals surface area contributed by atoms with Crippen LogP contribution in [0.15, 0.2) is 181 Å². The molecule has 0 fully saturated rings. The Bertz CT molecular complexity index is 2180. The van der Waals surface area contributed by atoms with Crippen molar-refractivity contribution in [2.75, 3.05) is 11.9 Å². The predicted octanol–water partition coefficient (Wildman–Crippen LogP) is 11.4. The lowest BCUT2D eigenvalue weighted by Gasteiger charge is -2.34. The Kier molecular flexibility index (Phi) is 7.92. The molecule has 2 aliphatic rings. The van der Waals surface area contributed by atoms with Crippen molar-refractivity contribution in [3.63, 3.8) is 0 Å². The van der Waals surface area contributed by atoms with Crippen LogP contribution in [0.25, 0.3) is 16.3 Å². The fourth-order valence-electron chi connectivity index (χ4n) is 8.91. The van der Waals surface area contributed by atoms with Crippen molar-refractivity contribution in [3.8, 4) is 0 Å². The Morgan fingerprint density at radius 2 is 1.12 bits per heavy atom. The third-order valence-corrected chi connectivity index (χ3v) is 11.1. The lowest BCUT2D eigenvalue weighted by atomic mass is 9.70. The molecule has 1 heteroatoms. The maximum Gasteiger partial charge on any atom is 0.0528 e. The summed E-state index contributed by atoms with van der Waals surface area (Å²) in [6.07, 6.45) is 9.97. The fraction of sp³-hybridized carbons (Fsp3) is 0.167. The molecule has 1 nitrogen and oxygen atoms in total. The number of anilines is 1. The zero-order chi connectivity index (χ0) is 33.4. The van der Waals surface area contributed by atoms with E-state index >= 15 is 0 Å². The van der Waals surface area contributed by atoms with Gasteiger partial charge in [-0.2, -0.15) is 0 Å². The summed E-state index contributed by atoms with van der Waals surface area (Å²) in [5.74, 6) is 0. The van der Waals surface area contributed by atoms with Gasteiger partial charge in [0.15, 0.2) is 0 Å². The Hall–Kier alpha value is -5.40. The Morgan fingerprint density at radius 3 is 1.78 bits per heavy atom. The molecule has 6 aromatic rings. The number of nitrogens with zero attached hydrogens (tertiary/aromatic N) is 1. The second-order valence-corrected chi connectivity index (χ2v) is 14.1. The average Bonchev–Trinajstić information content (AvgIpc) is 3.49. The van der Waals surface area contributed by atoms with E-state index < -0.39 is 0 Å². The van der Waals surface area contributed by atoms with Crippen LogP contribution in [0.3, 0.4) is 0 Å². The van der Waals surface area contributed by atoms with Gasteiger partial charge in [0.2, 0.25) is 0 Å². The van der Waals surface area contributed by atoms with Gasteiger partial charge in [-0.25, -0.2) is 0 Å². The number of fused-ring (bicyclic) bond motifs is 4. The van der Waals surface area contributed by atoms with Crippen molar-refractivity contribution in [1.82, 2.24) is 0 Å². The topological polar surface area (TPSA) is 3.24 Å². The van der Waals surface area contributed by atoms with Gasteiger partial charge in [-0.15, -0.1) is 0 Å². The van der Waals surface area contributed by atoms with Crippen LogP contribution in [0.1, 0.15) is 47.2 Å². The van der Waals surface area contributed by atoms with E-state index in [1.165, 1.54) is 66.7 Å². The fourth-order valence-corrected chi connectivity index (χ4v) is 8.91. The second kappa shape index (κ2) is 12.6. The highest BCUT2D eigenvalue weighted by Crippen LogP contribution is 2.54. The molecule has 0 bridgehead atoms. The van der Waals surface area contributed by atoms with E-state index in [2.05, 4.69) is 196 Å². The van der Waals surface area contributed by atoms with Gasteiger partial charge in [0.05, 0.1) is 5.69 Å². The van der Waals surface area contributed by atoms with Gasteiger partial charge >= 0.3 is 0 Å². The lowest BCUT2D eigenvalue weighted by Crippen LogP contribution is -2.34. The summed E-state index contributed by atoms with van der Waals surface area (Å²) in [6.45, 7) is 4.74. The third kappa shape index (κ3) is 5.35. The van der Waals surface area contributed by atoms with E-state index in [9.17, 15) is 0 Å². The van der Waals surface area contributed by atoms with Crippen LogP contribution in [-0.2, 0) is 30.1 Å². The van der Waals surface area contributed by atoms with Gasteiger partial charge in [-0.05, 0) is 82.2 Å². The molecule has 6 aromatic carbocycles. The summed E-state index contributed by atoms with van der Waals surface area (Å²) in [6, 6.07) is 55.6. The molecule has 8 rings (SSSR count). The normalized spacial score (nSPS) is 18.8. The molecule has 0 spiro atoms. The predicted molar refractivity (Wildman–Crippen MR) is 208 cm³/mol. The highest BCUT2D eigenvalue weighted by atomic mass is 15.2. The van der Waals surface area contributed by atoms with E-state index in [-0.39, 0.29) is 10.8 Å². The summed E-state index contributed by atoms with van der Waals surface area (Å²) in [7, 11) is 2.28. The van der Waals surface area contributed by atoms with Crippen LogP contribution in [0.2, 0.25) is 0 Å². The number of hydrogen-bond donors (Lipinski definition) is 0. The maximum atomic E-state index is 2.49. The molecule has 1 unspecified atom stereocenters. The maximum absolute atomic E-state index is 2.49. The minimum Gasteiger partial charge on any atom is -0.347 e. The smallest absolute Gasteiger partial charge is 0.0528 e. The number of hydrogen-bond acceptors (Lipinski definition) is 1. The molecule has 49 heavy (non-hydrogen) atoms. The van der Waals surface area contributed by atoms with Crippen molar-refractivity contribution in [3.05, 3.63) is 215 Å². The molecular formula is C48H43N. The monoisotopic (exact) mass is 633 g/mol. The summed E-state index contributed by atoms with van der Waals surface area (Å²) in [5.41, 5.74) is 13.3. The summed E-state index contributed by atoms with van der Waals surface area (Å²) >= 11 is 0. The van der Waals surface area contributed by atoms with Crippen LogP contribution >= 0.6 is 0 Å². The summed E-state index contributed by atoms with van der Waals surface area (Å²) < 4.78 is 0. The highest BCUT2D eigenvalue weighted by Gasteiger charge is 2.47. The van der Waals surface area contributed by atoms with Crippen molar-refractivity contribution in [2.45, 2.75) is 43.9 Å². The molecule has 1 aliphatic carbocycles. The lowest BCUT2D eigenvalue weighted by molar-refractivity contribution is 0.507. The minimum atomic E-state index is -0.253. The number of rotatable bonds is 8. The van der Waals surface area contributed by atoms with Crippen molar-refractivity contribution in [1.29, 1.82) is 0 Å². The standard InChI is InChI=1S/C48H43N/c1-35-40-25-15-16-27-43(40)47(2,32-36-18-7-4-8-19-36)42(35)28-17-29-45-48(33-37-20-9-5-10-21-37,34-38-22-11-6-12-23-38)44-31-30-39-24-13-14-26-41(39)46(44)49(45)3/h4-31H,32-34H2,1-3H3/b28-17+,45-29+. The number of likely N-dealkylation sites (N-methyl/N-ethyl adjacent to an activating group) is 1. The van der Waals surface area contributed by atoms with E-state index in [4.69, 9.17) is 0 Å². The molecule has 0 aromatic heterocycles. The van der Waals surface area contributed by atoms with Gasteiger partial charge in [0, 0.05) is 29.0 Å². The molecule has 1 aliphatic heterocycles. The quantitative estimate of drug-likeness (QED) is 0.161. The molecule has 1 atom stereocenters. The number of benzene rings is 6. The summed E-state index contributed by atoms with van der Waals surface area (Å²) in [4.78, 5) is 2.49. The SMILES string of the molecule is CC1=C(/C=C/C=C2/N(C)c3c(ccc4ccccc34)C2(Cc2ccccc2)Cc2ccccc2)C(C)(Cc2ccccc2)c2ccccc21.